The van der Waals surface area contributed by atoms with Gasteiger partial charge in [-0.05, 0) is 45.2 Å². The number of unbranched alkanes of at least 4 members (excludes halogenated alkanes) is 14. The van der Waals surface area contributed by atoms with Gasteiger partial charge in [0.25, 0.3) is 0 Å². The Bertz CT molecular complexity index is 393. The van der Waals surface area contributed by atoms with Gasteiger partial charge >= 0.3 is 5.97 Å². The van der Waals surface area contributed by atoms with Crippen molar-refractivity contribution in [1.82, 2.24) is 4.90 Å². The molecule has 204 valence electrons. The third-order valence-electron chi connectivity index (χ3n) is 7.01. The Labute approximate surface area is 212 Å². The summed E-state index contributed by atoms with van der Waals surface area (Å²) >= 11 is 0. The van der Waals surface area contributed by atoms with Crippen molar-refractivity contribution in [3.63, 3.8) is 0 Å². The molecule has 0 atom stereocenters. The number of carbonyl (C=O) groups excluding carboxylic acids is 1. The van der Waals surface area contributed by atoms with Gasteiger partial charge in [-0.25, -0.2) is 0 Å². The Balaban J connectivity index is 4.13. The molecular weight excluding hydrogens is 426 g/mol. The number of esters is 1. The van der Waals surface area contributed by atoms with E-state index < -0.39 is 0 Å². The minimum Gasteiger partial charge on any atom is -0.465 e. The Kier molecular flexibility index (Phi) is 26.4. The molecule has 0 aliphatic rings. The molecule has 0 heterocycles. The van der Waals surface area contributed by atoms with E-state index in [4.69, 9.17) is 14.9 Å². The monoisotopic (exact) mass is 485 g/mol. The zero-order valence-corrected chi connectivity index (χ0v) is 22.9. The van der Waals surface area contributed by atoms with Gasteiger partial charge < -0.3 is 19.8 Å². The fourth-order valence-corrected chi connectivity index (χ4v) is 4.63. The largest absolute Gasteiger partial charge is 0.465 e. The van der Waals surface area contributed by atoms with E-state index in [2.05, 4.69) is 18.7 Å². The van der Waals surface area contributed by atoms with Crippen molar-refractivity contribution < 1.29 is 19.7 Å². The lowest BCUT2D eigenvalue weighted by Gasteiger charge is -2.19. The number of carbonyl (C=O) groups is 1. The highest BCUT2D eigenvalue weighted by Crippen LogP contribution is 2.21. The lowest BCUT2D eigenvalue weighted by molar-refractivity contribution is -0.149. The Morgan fingerprint density at radius 2 is 1.00 bits per heavy atom. The predicted octanol–water partition coefficient (Wildman–Crippen LogP) is 6.88. The van der Waals surface area contributed by atoms with Gasteiger partial charge in [0.15, 0.2) is 0 Å². The Hall–Kier alpha value is -0.650. The summed E-state index contributed by atoms with van der Waals surface area (Å²) in [6, 6.07) is 0. The standard InChI is InChI=1S/C29H59NO4/c1-3-30(4-2)24-21-27-34-29(33)28(22-17-13-9-5-7-11-15-19-25-31)23-18-14-10-6-8-12-16-20-26-32/h28,31-32H,3-27H2,1-2H3. The molecule has 0 aliphatic heterocycles. The average Bonchev–Trinajstić information content (AvgIpc) is 2.85. The van der Waals surface area contributed by atoms with E-state index in [1.165, 1.54) is 64.2 Å². The Morgan fingerprint density at radius 1 is 0.618 bits per heavy atom. The molecule has 0 amide bonds. The number of hydrogen-bond acceptors (Lipinski definition) is 5. The van der Waals surface area contributed by atoms with Crippen LogP contribution < -0.4 is 0 Å². The van der Waals surface area contributed by atoms with E-state index in [-0.39, 0.29) is 11.9 Å². The minimum absolute atomic E-state index is 0.0348. The average molecular weight is 486 g/mol. The highest BCUT2D eigenvalue weighted by atomic mass is 16.5. The maximum atomic E-state index is 12.8. The number of ether oxygens (including phenoxy) is 1. The van der Waals surface area contributed by atoms with E-state index in [0.29, 0.717) is 19.8 Å². The number of aliphatic hydroxyl groups excluding tert-OH is 2. The quantitative estimate of drug-likeness (QED) is 0.0979. The van der Waals surface area contributed by atoms with Gasteiger partial charge in [-0.15, -0.1) is 0 Å². The van der Waals surface area contributed by atoms with E-state index >= 15 is 0 Å². The van der Waals surface area contributed by atoms with Crippen molar-refractivity contribution in [3.05, 3.63) is 0 Å². The summed E-state index contributed by atoms with van der Waals surface area (Å²) in [6.45, 7) is 8.64. The lowest BCUT2D eigenvalue weighted by Crippen LogP contribution is -2.26. The first-order valence-electron chi connectivity index (χ1n) is 14.8. The SMILES string of the molecule is CCN(CC)CCCOC(=O)C(CCCCCCCCCCO)CCCCCCCCCCO. The van der Waals surface area contributed by atoms with E-state index in [1.54, 1.807) is 0 Å². The molecule has 0 spiro atoms. The molecule has 0 aromatic heterocycles. The zero-order chi connectivity index (χ0) is 25.1. The van der Waals surface area contributed by atoms with Crippen LogP contribution in [0, 0.1) is 5.92 Å². The molecule has 34 heavy (non-hydrogen) atoms. The molecule has 0 rings (SSSR count). The predicted molar refractivity (Wildman–Crippen MR) is 144 cm³/mol. The molecule has 0 bridgehead atoms. The molecule has 0 aromatic carbocycles. The lowest BCUT2D eigenvalue weighted by atomic mass is 9.94. The van der Waals surface area contributed by atoms with Crippen LogP contribution in [-0.2, 0) is 9.53 Å². The third kappa shape index (κ3) is 21.9. The topological polar surface area (TPSA) is 70.0 Å². The van der Waals surface area contributed by atoms with Crippen LogP contribution in [0.3, 0.4) is 0 Å². The Morgan fingerprint density at radius 3 is 1.38 bits per heavy atom. The number of aliphatic hydroxyl groups is 2. The molecular formula is C29H59NO4. The van der Waals surface area contributed by atoms with Crippen LogP contribution in [-0.4, -0.2) is 60.5 Å². The van der Waals surface area contributed by atoms with Gasteiger partial charge in [0.2, 0.25) is 0 Å². The smallest absolute Gasteiger partial charge is 0.308 e. The van der Waals surface area contributed by atoms with Crippen LogP contribution >= 0.6 is 0 Å². The van der Waals surface area contributed by atoms with Crippen molar-refractivity contribution in [3.8, 4) is 0 Å². The van der Waals surface area contributed by atoms with Crippen LogP contribution in [0.2, 0.25) is 0 Å². The molecule has 0 saturated carbocycles. The molecule has 0 aliphatic carbocycles. The van der Waals surface area contributed by atoms with Gasteiger partial charge in [0.1, 0.15) is 0 Å². The summed E-state index contributed by atoms with van der Waals surface area (Å²) < 4.78 is 5.70. The van der Waals surface area contributed by atoms with Crippen molar-refractivity contribution >= 4 is 5.97 Å². The summed E-state index contributed by atoms with van der Waals surface area (Å²) in [7, 11) is 0. The molecule has 0 saturated heterocycles. The maximum Gasteiger partial charge on any atom is 0.308 e. The molecule has 0 radical (unpaired) electrons. The van der Waals surface area contributed by atoms with Crippen molar-refractivity contribution in [2.45, 2.75) is 136 Å². The second kappa shape index (κ2) is 26.9. The van der Waals surface area contributed by atoms with Gasteiger partial charge in [0, 0.05) is 19.8 Å². The molecule has 0 fully saturated rings. The van der Waals surface area contributed by atoms with Crippen molar-refractivity contribution in [1.29, 1.82) is 0 Å². The highest BCUT2D eigenvalue weighted by molar-refractivity contribution is 5.72. The summed E-state index contributed by atoms with van der Waals surface area (Å²) in [5.74, 6) is 0.107. The van der Waals surface area contributed by atoms with Gasteiger partial charge in [0.05, 0.1) is 12.5 Å². The molecule has 5 nitrogen and oxygen atoms in total. The normalized spacial score (nSPS) is 11.6. The van der Waals surface area contributed by atoms with Crippen LogP contribution in [0.5, 0.6) is 0 Å². The van der Waals surface area contributed by atoms with Crippen LogP contribution in [0.15, 0.2) is 0 Å². The molecule has 0 unspecified atom stereocenters. The van der Waals surface area contributed by atoms with Crippen molar-refractivity contribution in [2.75, 3.05) is 39.5 Å². The summed E-state index contributed by atoms with van der Waals surface area (Å²) in [4.78, 5) is 15.2. The maximum absolute atomic E-state index is 12.8. The second-order valence-electron chi connectivity index (χ2n) is 9.93. The van der Waals surface area contributed by atoms with Crippen LogP contribution in [0.4, 0.5) is 0 Å². The minimum atomic E-state index is 0.0348. The van der Waals surface area contributed by atoms with E-state index in [1.807, 2.05) is 0 Å². The third-order valence-corrected chi connectivity index (χ3v) is 7.01. The number of hydrogen-bond donors (Lipinski definition) is 2. The summed E-state index contributed by atoms with van der Waals surface area (Å²) in [5, 5.41) is 17.7. The fourth-order valence-electron chi connectivity index (χ4n) is 4.63. The zero-order valence-electron chi connectivity index (χ0n) is 22.9. The van der Waals surface area contributed by atoms with Gasteiger partial charge in [-0.2, -0.15) is 0 Å². The first-order valence-corrected chi connectivity index (χ1v) is 14.8. The highest BCUT2D eigenvalue weighted by Gasteiger charge is 2.19. The second-order valence-corrected chi connectivity index (χ2v) is 9.93. The molecule has 5 heteroatoms. The van der Waals surface area contributed by atoms with Crippen molar-refractivity contribution in [2.24, 2.45) is 5.92 Å². The fraction of sp³-hybridized carbons (Fsp3) is 0.966. The first kappa shape index (κ1) is 33.4. The van der Waals surface area contributed by atoms with Crippen LogP contribution in [0.25, 0.3) is 0 Å². The molecule has 0 aromatic rings. The van der Waals surface area contributed by atoms with E-state index in [9.17, 15) is 4.79 Å². The summed E-state index contributed by atoms with van der Waals surface area (Å²) in [5.41, 5.74) is 0. The van der Waals surface area contributed by atoms with Crippen LogP contribution in [0.1, 0.15) is 136 Å². The van der Waals surface area contributed by atoms with Gasteiger partial charge in [-0.1, -0.05) is 104 Å². The molecule has 2 N–H and O–H groups in total. The summed E-state index contributed by atoms with van der Waals surface area (Å²) in [6.07, 6.45) is 21.7. The van der Waals surface area contributed by atoms with E-state index in [0.717, 1.165) is 77.4 Å². The van der Waals surface area contributed by atoms with Gasteiger partial charge in [-0.3, -0.25) is 4.79 Å². The number of rotatable bonds is 27. The first-order chi connectivity index (χ1) is 16.7. The number of nitrogens with zero attached hydrogens (tertiary/aromatic N) is 1.